The number of hydrogen-bond donors (Lipinski definition) is 1. The quantitative estimate of drug-likeness (QED) is 0.270. The average Bonchev–Trinajstić information content (AvgIpc) is 2.32. The first-order valence-corrected chi connectivity index (χ1v) is 5.09. The van der Waals surface area contributed by atoms with Gasteiger partial charge in [0, 0.05) is 18.0 Å². The van der Waals surface area contributed by atoms with Gasteiger partial charge in [-0.05, 0) is 18.6 Å². The van der Waals surface area contributed by atoms with Gasteiger partial charge in [-0.2, -0.15) is 0 Å². The fraction of sp³-hybridized carbons (Fsp3) is 0.364. The van der Waals surface area contributed by atoms with E-state index in [4.69, 9.17) is 9.94 Å². The zero-order valence-corrected chi connectivity index (χ0v) is 9.09. The number of oxime groups is 1. The maximum absolute atomic E-state index is 11.5. The highest BCUT2D eigenvalue weighted by molar-refractivity contribution is 6.43. The van der Waals surface area contributed by atoms with Gasteiger partial charge in [-0.25, -0.2) is 4.79 Å². The van der Waals surface area contributed by atoms with E-state index >= 15 is 0 Å². The van der Waals surface area contributed by atoms with Crippen LogP contribution in [0.25, 0.3) is 0 Å². The van der Waals surface area contributed by atoms with Crippen LogP contribution < -0.4 is 0 Å². The molecule has 0 saturated heterocycles. The molecule has 1 heterocycles. The molecule has 0 aliphatic rings. The molecule has 0 radical (unpaired) electrons. The van der Waals surface area contributed by atoms with Crippen LogP contribution in [-0.2, 0) is 9.53 Å². The summed E-state index contributed by atoms with van der Waals surface area (Å²) in [5.74, 6) is -0.635. The summed E-state index contributed by atoms with van der Waals surface area (Å²) >= 11 is 0. The minimum atomic E-state index is -0.635. The first-order valence-electron chi connectivity index (χ1n) is 5.09. The maximum atomic E-state index is 11.5. The molecule has 0 bridgehead atoms. The molecule has 0 saturated carbocycles. The summed E-state index contributed by atoms with van der Waals surface area (Å²) in [7, 11) is 0. The zero-order chi connectivity index (χ0) is 11.8. The predicted octanol–water partition coefficient (Wildman–Crippen LogP) is 1.60. The van der Waals surface area contributed by atoms with E-state index in [-0.39, 0.29) is 5.71 Å². The van der Waals surface area contributed by atoms with E-state index < -0.39 is 5.97 Å². The van der Waals surface area contributed by atoms with Gasteiger partial charge in [0.15, 0.2) is 5.71 Å². The third kappa shape index (κ3) is 3.34. The van der Waals surface area contributed by atoms with Crippen molar-refractivity contribution in [1.29, 1.82) is 0 Å². The number of hydrogen-bond acceptors (Lipinski definition) is 5. The molecule has 1 aromatic heterocycles. The maximum Gasteiger partial charge on any atom is 0.361 e. The molecule has 0 unspecified atom stereocenters. The fourth-order valence-electron chi connectivity index (χ4n) is 1.10. The Labute approximate surface area is 93.8 Å². The van der Waals surface area contributed by atoms with Gasteiger partial charge in [0.1, 0.15) is 0 Å². The van der Waals surface area contributed by atoms with Gasteiger partial charge in [0.05, 0.1) is 6.61 Å². The van der Waals surface area contributed by atoms with Gasteiger partial charge in [-0.15, -0.1) is 0 Å². The topological polar surface area (TPSA) is 71.8 Å². The lowest BCUT2D eigenvalue weighted by atomic mass is 10.2. The summed E-state index contributed by atoms with van der Waals surface area (Å²) in [4.78, 5) is 15.3. The fourth-order valence-corrected chi connectivity index (χ4v) is 1.10. The molecule has 86 valence electrons. The Balaban J connectivity index is 2.66. The van der Waals surface area contributed by atoms with Crippen molar-refractivity contribution in [1.82, 2.24) is 4.98 Å². The number of carbonyl (C=O) groups is 1. The van der Waals surface area contributed by atoms with Crippen LogP contribution in [0.15, 0.2) is 29.7 Å². The van der Waals surface area contributed by atoms with Crippen molar-refractivity contribution >= 4 is 11.7 Å². The summed E-state index contributed by atoms with van der Waals surface area (Å²) < 4.78 is 4.93. The average molecular weight is 222 g/mol. The number of pyridine rings is 1. The lowest BCUT2D eigenvalue weighted by Gasteiger charge is -2.04. The van der Waals surface area contributed by atoms with Crippen molar-refractivity contribution in [2.75, 3.05) is 6.61 Å². The number of esters is 1. The molecule has 0 spiro atoms. The van der Waals surface area contributed by atoms with Crippen LogP contribution >= 0.6 is 0 Å². The molecule has 0 aliphatic heterocycles. The Morgan fingerprint density at radius 1 is 1.62 bits per heavy atom. The SMILES string of the molecule is CCCCOC(=O)C(=NO)c1cccnc1. The third-order valence-corrected chi connectivity index (χ3v) is 1.96. The smallest absolute Gasteiger partial charge is 0.361 e. The van der Waals surface area contributed by atoms with E-state index in [0.29, 0.717) is 12.2 Å². The molecule has 1 aromatic rings. The molecule has 0 aliphatic carbocycles. The second-order valence-electron chi connectivity index (χ2n) is 3.18. The molecule has 0 atom stereocenters. The zero-order valence-electron chi connectivity index (χ0n) is 9.09. The van der Waals surface area contributed by atoms with E-state index in [1.54, 1.807) is 18.3 Å². The Bertz CT molecular complexity index is 363. The minimum absolute atomic E-state index is 0.121. The van der Waals surface area contributed by atoms with Crippen LogP contribution in [0.1, 0.15) is 25.3 Å². The molecule has 0 fully saturated rings. The first-order chi connectivity index (χ1) is 7.79. The normalized spacial score (nSPS) is 11.2. The largest absolute Gasteiger partial charge is 0.461 e. The van der Waals surface area contributed by atoms with Gasteiger partial charge in [0.2, 0.25) is 0 Å². The Morgan fingerprint density at radius 3 is 3.00 bits per heavy atom. The van der Waals surface area contributed by atoms with Crippen LogP contribution in [0.5, 0.6) is 0 Å². The van der Waals surface area contributed by atoms with E-state index in [1.807, 2.05) is 6.92 Å². The Kier molecular flexibility index (Phi) is 4.98. The van der Waals surface area contributed by atoms with Crippen molar-refractivity contribution in [3.8, 4) is 0 Å². The summed E-state index contributed by atoms with van der Waals surface area (Å²) in [6, 6.07) is 3.28. The molecule has 16 heavy (non-hydrogen) atoms. The summed E-state index contributed by atoms with van der Waals surface area (Å²) in [6.45, 7) is 2.32. The van der Waals surface area contributed by atoms with Crippen LogP contribution in [-0.4, -0.2) is 28.5 Å². The molecule has 1 rings (SSSR count). The second kappa shape index (κ2) is 6.55. The highest BCUT2D eigenvalue weighted by Crippen LogP contribution is 2.01. The molecule has 1 N–H and O–H groups in total. The lowest BCUT2D eigenvalue weighted by Crippen LogP contribution is -2.19. The van der Waals surface area contributed by atoms with Gasteiger partial charge in [0.25, 0.3) is 0 Å². The van der Waals surface area contributed by atoms with Crippen LogP contribution in [0.3, 0.4) is 0 Å². The van der Waals surface area contributed by atoms with Gasteiger partial charge < -0.3 is 9.94 Å². The molecule has 5 heteroatoms. The number of carbonyl (C=O) groups excluding carboxylic acids is 1. The van der Waals surface area contributed by atoms with Crippen molar-refractivity contribution in [2.45, 2.75) is 19.8 Å². The van der Waals surface area contributed by atoms with E-state index in [9.17, 15) is 4.79 Å². The summed E-state index contributed by atoms with van der Waals surface area (Å²) in [5, 5.41) is 11.7. The van der Waals surface area contributed by atoms with Crippen LogP contribution in [0, 0.1) is 0 Å². The van der Waals surface area contributed by atoms with Gasteiger partial charge in [-0.3, -0.25) is 4.98 Å². The van der Waals surface area contributed by atoms with E-state index in [0.717, 1.165) is 12.8 Å². The standard InChI is InChI=1S/C11H14N2O3/c1-2-3-7-16-11(14)10(13-15)9-5-4-6-12-8-9/h4-6,8,15H,2-3,7H2,1H3. The summed E-state index contributed by atoms with van der Waals surface area (Å²) in [6.07, 6.45) is 4.74. The van der Waals surface area contributed by atoms with Crippen LogP contribution in [0.4, 0.5) is 0 Å². The molecule has 5 nitrogen and oxygen atoms in total. The van der Waals surface area contributed by atoms with Crippen molar-refractivity contribution in [3.05, 3.63) is 30.1 Å². The second-order valence-corrected chi connectivity index (χ2v) is 3.18. The molecule has 0 aromatic carbocycles. The van der Waals surface area contributed by atoms with Crippen molar-refractivity contribution in [2.24, 2.45) is 5.16 Å². The molecular formula is C11H14N2O3. The number of aromatic nitrogens is 1. The monoisotopic (exact) mass is 222 g/mol. The number of ether oxygens (including phenoxy) is 1. The van der Waals surface area contributed by atoms with E-state index in [1.165, 1.54) is 6.20 Å². The van der Waals surface area contributed by atoms with Gasteiger partial charge in [-0.1, -0.05) is 18.5 Å². The number of nitrogens with zero attached hydrogens (tertiary/aromatic N) is 2. The summed E-state index contributed by atoms with van der Waals surface area (Å²) in [5.41, 5.74) is 0.315. The van der Waals surface area contributed by atoms with E-state index in [2.05, 4.69) is 10.1 Å². The van der Waals surface area contributed by atoms with Crippen LogP contribution in [0.2, 0.25) is 0 Å². The highest BCUT2D eigenvalue weighted by atomic mass is 16.5. The predicted molar refractivity (Wildman–Crippen MR) is 58.4 cm³/mol. The molecule has 0 amide bonds. The van der Waals surface area contributed by atoms with Crippen molar-refractivity contribution < 1.29 is 14.7 Å². The first kappa shape index (κ1) is 12.2. The number of rotatable bonds is 5. The third-order valence-electron chi connectivity index (χ3n) is 1.96. The Hall–Kier alpha value is -1.91. The van der Waals surface area contributed by atoms with Gasteiger partial charge >= 0.3 is 5.97 Å². The lowest BCUT2D eigenvalue weighted by molar-refractivity contribution is -0.135. The highest BCUT2D eigenvalue weighted by Gasteiger charge is 2.16. The Morgan fingerprint density at radius 2 is 2.44 bits per heavy atom. The molecular weight excluding hydrogens is 208 g/mol. The minimum Gasteiger partial charge on any atom is -0.461 e. The number of unbranched alkanes of at least 4 members (excludes halogenated alkanes) is 1. The van der Waals surface area contributed by atoms with Crippen molar-refractivity contribution in [3.63, 3.8) is 0 Å².